The van der Waals surface area contributed by atoms with Crippen LogP contribution in [0.3, 0.4) is 0 Å². The Kier molecular flexibility index (Phi) is 7.05. The van der Waals surface area contributed by atoms with E-state index in [1.54, 1.807) is 6.92 Å². The maximum absolute atomic E-state index is 11.5. The van der Waals surface area contributed by atoms with Gasteiger partial charge in [0, 0.05) is 30.4 Å². The number of hydrogen-bond acceptors (Lipinski definition) is 5. The number of nitrogens with zero attached hydrogens (tertiary/aromatic N) is 1. The van der Waals surface area contributed by atoms with Crippen molar-refractivity contribution in [1.29, 1.82) is 0 Å². The van der Waals surface area contributed by atoms with Gasteiger partial charge in [-0.05, 0) is 43.0 Å². The van der Waals surface area contributed by atoms with Gasteiger partial charge in [-0.3, -0.25) is 0 Å². The van der Waals surface area contributed by atoms with Crippen molar-refractivity contribution in [3.05, 3.63) is 83.7 Å². The fraction of sp³-hybridized carbons (Fsp3) is 0.259. The van der Waals surface area contributed by atoms with E-state index in [0.29, 0.717) is 31.9 Å². The lowest BCUT2D eigenvalue weighted by atomic mass is 9.99. The van der Waals surface area contributed by atoms with E-state index in [0.717, 1.165) is 39.1 Å². The minimum Gasteiger partial charge on any atom is -0.493 e. The van der Waals surface area contributed by atoms with Crippen molar-refractivity contribution >= 4 is 16.7 Å². The fourth-order valence-electron chi connectivity index (χ4n) is 3.88. The smallest absolute Gasteiger partial charge is 0.333 e. The SMILES string of the molecule is CCO[C@@H](Cc1ccc(OCCc2nc(-c3ccccc3)oc2C)c2ccccc12)C(=O)O. The number of ether oxygens (including phenoxy) is 2. The summed E-state index contributed by atoms with van der Waals surface area (Å²) >= 11 is 0. The predicted molar refractivity (Wildman–Crippen MR) is 127 cm³/mol. The lowest BCUT2D eigenvalue weighted by Crippen LogP contribution is -2.26. The standard InChI is InChI=1S/C27H27NO5/c1-3-31-25(27(29)30)17-20-13-14-24(22-12-8-7-11-21(20)22)32-16-15-23-18(2)33-26(28-23)19-9-5-4-6-10-19/h4-14,25H,3,15-17H2,1-2H3,(H,29,30)/t25-/m0/s1. The first-order chi connectivity index (χ1) is 16.1. The van der Waals surface area contributed by atoms with Crippen molar-refractivity contribution in [1.82, 2.24) is 4.98 Å². The Balaban J connectivity index is 1.49. The second-order valence-electron chi connectivity index (χ2n) is 7.74. The van der Waals surface area contributed by atoms with Crippen molar-refractivity contribution in [2.75, 3.05) is 13.2 Å². The zero-order chi connectivity index (χ0) is 23.2. The molecule has 4 rings (SSSR count). The first-order valence-corrected chi connectivity index (χ1v) is 11.1. The van der Waals surface area contributed by atoms with E-state index in [-0.39, 0.29) is 0 Å². The molecule has 0 aliphatic rings. The van der Waals surface area contributed by atoms with Crippen molar-refractivity contribution in [2.24, 2.45) is 0 Å². The number of hydrogen-bond donors (Lipinski definition) is 1. The first kappa shape index (κ1) is 22.6. The van der Waals surface area contributed by atoms with Crippen LogP contribution in [0.5, 0.6) is 5.75 Å². The Hall–Kier alpha value is -3.64. The summed E-state index contributed by atoms with van der Waals surface area (Å²) in [4.78, 5) is 16.2. The second kappa shape index (κ2) is 10.3. The van der Waals surface area contributed by atoms with E-state index in [2.05, 4.69) is 4.98 Å². The van der Waals surface area contributed by atoms with Crippen LogP contribution in [-0.4, -0.2) is 35.4 Å². The summed E-state index contributed by atoms with van der Waals surface area (Å²) in [5.74, 6) is 1.19. The van der Waals surface area contributed by atoms with Crippen LogP contribution in [0.2, 0.25) is 0 Å². The van der Waals surface area contributed by atoms with Crippen molar-refractivity contribution in [3.63, 3.8) is 0 Å². The molecule has 0 bridgehead atoms. The van der Waals surface area contributed by atoms with E-state index in [1.807, 2.05) is 73.7 Å². The van der Waals surface area contributed by atoms with Crippen molar-refractivity contribution in [3.8, 4) is 17.2 Å². The Bertz CT molecular complexity index is 1230. The highest BCUT2D eigenvalue weighted by Crippen LogP contribution is 2.30. The summed E-state index contributed by atoms with van der Waals surface area (Å²) in [6.45, 7) is 4.51. The highest BCUT2D eigenvalue weighted by Gasteiger charge is 2.20. The first-order valence-electron chi connectivity index (χ1n) is 11.1. The zero-order valence-electron chi connectivity index (χ0n) is 18.8. The topological polar surface area (TPSA) is 81.8 Å². The molecule has 3 aromatic carbocycles. The van der Waals surface area contributed by atoms with Gasteiger partial charge in [0.25, 0.3) is 0 Å². The number of aryl methyl sites for hydroxylation is 1. The molecule has 1 aromatic heterocycles. The van der Waals surface area contributed by atoms with Crippen molar-refractivity contribution in [2.45, 2.75) is 32.8 Å². The van der Waals surface area contributed by atoms with E-state index in [9.17, 15) is 9.90 Å². The molecule has 4 aromatic rings. The molecule has 0 radical (unpaired) electrons. The molecule has 0 aliphatic heterocycles. The lowest BCUT2D eigenvalue weighted by Gasteiger charge is -2.16. The quantitative estimate of drug-likeness (QED) is 0.349. The van der Waals surface area contributed by atoms with E-state index in [4.69, 9.17) is 13.9 Å². The van der Waals surface area contributed by atoms with E-state index < -0.39 is 12.1 Å². The Labute approximate surface area is 192 Å². The average molecular weight is 446 g/mol. The number of carboxylic acid groups (broad SMARTS) is 1. The number of rotatable bonds is 10. The van der Waals surface area contributed by atoms with Crippen LogP contribution in [-0.2, 0) is 22.4 Å². The maximum Gasteiger partial charge on any atom is 0.333 e. The molecule has 170 valence electrons. The molecule has 0 spiro atoms. The van der Waals surface area contributed by atoms with Gasteiger partial charge in [0.2, 0.25) is 5.89 Å². The summed E-state index contributed by atoms with van der Waals surface area (Å²) in [6, 6.07) is 21.5. The Morgan fingerprint density at radius 2 is 1.76 bits per heavy atom. The molecular weight excluding hydrogens is 418 g/mol. The molecule has 0 fully saturated rings. The molecule has 1 atom stereocenters. The molecular formula is C27H27NO5. The van der Waals surface area contributed by atoms with Gasteiger partial charge in [0.05, 0.1) is 12.3 Å². The van der Waals surface area contributed by atoms with E-state index >= 15 is 0 Å². The number of carboxylic acids is 1. The predicted octanol–water partition coefficient (Wildman–Crippen LogP) is 5.46. The van der Waals surface area contributed by atoms with Gasteiger partial charge in [-0.2, -0.15) is 0 Å². The molecule has 0 unspecified atom stereocenters. The molecule has 1 N–H and O–H groups in total. The molecule has 6 nitrogen and oxygen atoms in total. The van der Waals surface area contributed by atoms with Gasteiger partial charge < -0.3 is 19.0 Å². The minimum atomic E-state index is -0.959. The largest absolute Gasteiger partial charge is 0.493 e. The summed E-state index contributed by atoms with van der Waals surface area (Å²) in [6.07, 6.45) is 0.0349. The zero-order valence-corrected chi connectivity index (χ0v) is 18.8. The van der Waals surface area contributed by atoms with Crippen LogP contribution >= 0.6 is 0 Å². The van der Waals surface area contributed by atoms with Crippen molar-refractivity contribution < 1.29 is 23.8 Å². The number of benzene rings is 3. The highest BCUT2D eigenvalue weighted by molar-refractivity contribution is 5.91. The van der Waals surface area contributed by atoms with Crippen LogP contribution < -0.4 is 4.74 Å². The van der Waals surface area contributed by atoms with Crippen LogP contribution in [0.1, 0.15) is 23.9 Å². The monoisotopic (exact) mass is 445 g/mol. The van der Waals surface area contributed by atoms with Gasteiger partial charge in [-0.1, -0.05) is 48.5 Å². The van der Waals surface area contributed by atoms with Gasteiger partial charge in [-0.15, -0.1) is 0 Å². The summed E-state index contributed by atoms with van der Waals surface area (Å²) in [5.41, 5.74) is 2.73. The maximum atomic E-state index is 11.5. The van der Waals surface area contributed by atoms with Gasteiger partial charge in [0.1, 0.15) is 11.5 Å². The molecule has 0 saturated carbocycles. The van der Waals surface area contributed by atoms with Gasteiger partial charge in [-0.25, -0.2) is 9.78 Å². The lowest BCUT2D eigenvalue weighted by molar-refractivity contribution is -0.149. The summed E-state index contributed by atoms with van der Waals surface area (Å²) in [7, 11) is 0. The molecule has 1 heterocycles. The molecule has 0 saturated heterocycles. The van der Waals surface area contributed by atoms with Gasteiger partial charge in [0.15, 0.2) is 6.10 Å². The van der Waals surface area contributed by atoms with Crippen LogP contribution in [0.4, 0.5) is 0 Å². The minimum absolute atomic E-state index is 0.296. The Morgan fingerprint density at radius 1 is 1.03 bits per heavy atom. The normalized spacial score (nSPS) is 12.1. The molecule has 0 amide bonds. The fourth-order valence-corrected chi connectivity index (χ4v) is 3.88. The highest BCUT2D eigenvalue weighted by atomic mass is 16.5. The number of fused-ring (bicyclic) bond motifs is 1. The molecule has 33 heavy (non-hydrogen) atoms. The van der Waals surface area contributed by atoms with Crippen LogP contribution in [0.25, 0.3) is 22.2 Å². The number of carbonyl (C=O) groups is 1. The van der Waals surface area contributed by atoms with Gasteiger partial charge >= 0.3 is 5.97 Å². The van der Waals surface area contributed by atoms with Crippen LogP contribution in [0.15, 0.2) is 71.1 Å². The Morgan fingerprint density at radius 3 is 2.48 bits per heavy atom. The second-order valence-corrected chi connectivity index (χ2v) is 7.74. The third-order valence-corrected chi connectivity index (χ3v) is 5.53. The number of aromatic nitrogens is 1. The summed E-state index contributed by atoms with van der Waals surface area (Å²) in [5, 5.41) is 11.4. The third-order valence-electron chi connectivity index (χ3n) is 5.53. The third kappa shape index (κ3) is 5.23. The summed E-state index contributed by atoms with van der Waals surface area (Å²) < 4.78 is 17.4. The number of aliphatic carboxylic acids is 1. The molecule has 0 aliphatic carbocycles. The molecule has 6 heteroatoms. The van der Waals surface area contributed by atoms with E-state index in [1.165, 1.54) is 0 Å². The van der Waals surface area contributed by atoms with Crippen LogP contribution in [0, 0.1) is 6.92 Å². The average Bonchev–Trinajstić information content (AvgIpc) is 3.21. The number of oxazole rings is 1.